The highest BCUT2D eigenvalue weighted by Gasteiger charge is 2.30. The number of aromatic nitrogens is 4. The van der Waals surface area contributed by atoms with Gasteiger partial charge >= 0.3 is 0 Å². The van der Waals surface area contributed by atoms with Crippen molar-refractivity contribution in [1.82, 2.24) is 13.7 Å². The largest absolute Gasteiger partial charge is 0.340 e. The minimum Gasteiger partial charge on any atom is -0.340 e. The smallest absolute Gasteiger partial charge is 0.282 e. The molecule has 0 bridgehead atoms. The summed E-state index contributed by atoms with van der Waals surface area (Å²) in [7, 11) is 0.279. The van der Waals surface area contributed by atoms with Crippen molar-refractivity contribution in [2.75, 3.05) is 34.9 Å². The number of fused-ring (bicyclic) bond motifs is 8. The summed E-state index contributed by atoms with van der Waals surface area (Å²) in [6, 6.07) is 26.2. The molecular weight excluding hydrogens is 761 g/mol. The minimum atomic E-state index is -3.99. The number of imidazole rings is 1. The third-order valence-electron chi connectivity index (χ3n) is 11.4. The molecule has 2 N–H and O–H groups in total. The quantitative estimate of drug-likeness (QED) is 0.0246. The average Bonchev–Trinajstić information content (AvgIpc) is 3.86. The molecule has 0 atom stereocenters. The Morgan fingerprint density at radius 1 is 0.754 bits per heavy atom. The molecule has 0 unspecified atom stereocenters. The van der Waals surface area contributed by atoms with Crippen LogP contribution < -0.4 is 14.4 Å². The van der Waals surface area contributed by atoms with Crippen LogP contribution in [0.5, 0.6) is 0 Å². The maximum absolute atomic E-state index is 11.4. The second-order valence-corrected chi connectivity index (χ2v) is 16.9. The molecule has 4 aromatic carbocycles. The van der Waals surface area contributed by atoms with Crippen LogP contribution in [0.2, 0.25) is 0 Å². The molecule has 4 heterocycles. The lowest BCUT2D eigenvalue weighted by atomic mass is 10.1. The zero-order valence-corrected chi connectivity index (χ0v) is 34.4. The van der Waals surface area contributed by atoms with Crippen LogP contribution in [0.25, 0.3) is 60.7 Å². The molecule has 0 saturated carbocycles. The lowest BCUT2D eigenvalue weighted by Gasteiger charge is -2.20. The van der Waals surface area contributed by atoms with E-state index in [0.717, 1.165) is 94.8 Å². The molecule has 3 aromatic heterocycles. The van der Waals surface area contributed by atoms with Crippen LogP contribution in [-0.2, 0) is 46.2 Å². The van der Waals surface area contributed by atoms with Gasteiger partial charge in [0, 0.05) is 89.2 Å². The maximum atomic E-state index is 11.4. The number of allylic oxidation sites excluding steroid dienone is 2. The van der Waals surface area contributed by atoms with Crippen LogP contribution in [0.15, 0.2) is 90.8 Å². The molecule has 0 saturated heterocycles. The number of nitrogens with zero attached hydrogens (tertiary/aromatic N) is 6. The lowest BCUT2D eigenvalue weighted by Crippen LogP contribution is -2.31. The number of hydrogen-bond donors (Lipinski definition) is 2. The molecule has 298 valence electrons. The lowest BCUT2D eigenvalue weighted by molar-refractivity contribution is -0.647. The van der Waals surface area contributed by atoms with E-state index in [-0.39, 0.29) is 5.75 Å². The van der Waals surface area contributed by atoms with Crippen LogP contribution in [0.3, 0.4) is 0 Å². The molecule has 8 rings (SSSR count). The van der Waals surface area contributed by atoms with Crippen molar-refractivity contribution in [3.8, 4) is 0 Å². The van der Waals surface area contributed by atoms with Crippen LogP contribution in [0.4, 0.5) is 11.4 Å². The number of aryl methyl sites for hydroxylation is 4. The van der Waals surface area contributed by atoms with Crippen LogP contribution in [-0.4, -0.2) is 57.0 Å². The van der Waals surface area contributed by atoms with E-state index in [1.807, 2.05) is 6.07 Å². The van der Waals surface area contributed by atoms with Gasteiger partial charge in [0.2, 0.25) is 0 Å². The van der Waals surface area contributed by atoms with Gasteiger partial charge in [0.25, 0.3) is 15.9 Å². The van der Waals surface area contributed by atoms with Crippen LogP contribution in [0.1, 0.15) is 45.4 Å². The zero-order chi connectivity index (χ0) is 39.8. The fourth-order valence-corrected chi connectivity index (χ4v) is 9.78. The van der Waals surface area contributed by atoms with Gasteiger partial charge < -0.3 is 18.9 Å². The van der Waals surface area contributed by atoms with Crippen molar-refractivity contribution in [2.24, 2.45) is 7.05 Å². The Morgan fingerprint density at radius 2 is 1.40 bits per heavy atom. The predicted octanol–water partition coefficient (Wildman–Crippen LogP) is 9.05. The molecule has 0 radical (unpaired) electrons. The molecule has 0 spiro atoms. The van der Waals surface area contributed by atoms with E-state index in [0.29, 0.717) is 19.4 Å². The second kappa shape index (κ2) is 16.2. The Hall–Kier alpha value is -4.83. The topological polar surface area (TPSA) is 118 Å². The highest BCUT2D eigenvalue weighted by molar-refractivity contribution is 7.94. The molecule has 0 aliphatic carbocycles. The van der Waals surface area contributed by atoms with E-state index in [1.54, 1.807) is 0 Å². The molecule has 7 aromatic rings. The third kappa shape index (κ3) is 7.19. The van der Waals surface area contributed by atoms with Gasteiger partial charge in [-0.25, -0.2) is 14.4 Å². The number of para-hydroxylation sites is 2. The summed E-state index contributed by atoms with van der Waals surface area (Å²) in [5, 5.41) is 17.0. The summed E-state index contributed by atoms with van der Waals surface area (Å²) in [5.41, 5.74) is 9.29. The Balaban J connectivity index is 1.13. The highest BCUT2D eigenvalue weighted by atomic mass is 32.2. The normalized spacial score (nSPS) is 14.4. The van der Waals surface area contributed by atoms with E-state index < -0.39 is 10.1 Å². The molecule has 0 amide bonds. The first kappa shape index (κ1) is 39.0. The molecule has 0 fully saturated rings. The zero-order valence-electron chi connectivity index (χ0n) is 32.8. The number of unbranched alkanes of at least 4 members (excludes halogenated alkanes) is 2. The van der Waals surface area contributed by atoms with E-state index >= 15 is 0 Å². The van der Waals surface area contributed by atoms with Gasteiger partial charge in [0.1, 0.15) is 5.82 Å². The van der Waals surface area contributed by atoms with Gasteiger partial charge in [-0.05, 0) is 75.9 Å². The van der Waals surface area contributed by atoms with E-state index in [1.165, 1.54) is 33.2 Å². The molecule has 14 heteroatoms. The highest BCUT2D eigenvalue weighted by Crippen LogP contribution is 2.45. The standard InChI is InChI=1S/C43H48N6O6S2/c1-5-46-40-28-36-32(30-16-7-9-18-34(30)48(36)22-11-13-24-56-55-54-50)26-38(40)44(3)42(46)20-15-21-43-45(4)39-27-33-31-17-8-10-19-35(31)49(23-12-14-25-57(51,52)53)37(33)29-41(39)47(43)6-2/h7-10,15-21,26-29H,5-6,11-14,22-25H2,1-4H3,(H-,50,51,52,53)/p+1. The van der Waals surface area contributed by atoms with Gasteiger partial charge in [-0.1, -0.05) is 47.5 Å². The average molecular weight is 810 g/mol. The minimum absolute atomic E-state index is 0.233. The summed E-state index contributed by atoms with van der Waals surface area (Å²) < 4.78 is 45.9. The maximum Gasteiger partial charge on any atom is 0.282 e. The van der Waals surface area contributed by atoms with E-state index in [2.05, 4.69) is 150 Å². The number of benzene rings is 4. The van der Waals surface area contributed by atoms with Crippen molar-refractivity contribution in [3.63, 3.8) is 0 Å². The fourth-order valence-electron chi connectivity index (χ4n) is 8.78. The van der Waals surface area contributed by atoms with E-state index in [4.69, 9.17) is 5.26 Å². The van der Waals surface area contributed by atoms with Crippen LogP contribution >= 0.6 is 12.0 Å². The first-order valence-electron chi connectivity index (χ1n) is 19.6. The summed E-state index contributed by atoms with van der Waals surface area (Å²) in [5.74, 6) is 2.68. The van der Waals surface area contributed by atoms with Gasteiger partial charge in [0.15, 0.2) is 11.0 Å². The molecule has 1 aliphatic rings. The SMILES string of the molecule is CCN1C(=CC=Cc2n(CC)c3cc4c(cc3[n+]2C)c2ccccc2n4CCCCS(=O)(=O)O)N(C)c2cc3c4ccccc4n(CCCCSOOO)c3cc21. The monoisotopic (exact) mass is 809 g/mol. The van der Waals surface area contributed by atoms with E-state index in [9.17, 15) is 13.0 Å². The number of rotatable bonds is 16. The second-order valence-electron chi connectivity index (χ2n) is 14.6. The molecule has 12 nitrogen and oxygen atoms in total. The van der Waals surface area contributed by atoms with Crippen molar-refractivity contribution >= 4 is 94.3 Å². The Morgan fingerprint density at radius 3 is 2.05 bits per heavy atom. The number of hydrogen-bond acceptors (Lipinski definition) is 8. The van der Waals surface area contributed by atoms with Crippen molar-refractivity contribution in [2.45, 2.75) is 59.2 Å². The van der Waals surface area contributed by atoms with Gasteiger partial charge in [-0.15, -0.1) is 4.33 Å². The Kier molecular flexibility index (Phi) is 11.1. The van der Waals surface area contributed by atoms with Crippen molar-refractivity contribution in [1.29, 1.82) is 0 Å². The van der Waals surface area contributed by atoms with Gasteiger partial charge in [-0.2, -0.15) is 8.42 Å². The summed E-state index contributed by atoms with van der Waals surface area (Å²) in [6.07, 6.45) is 9.46. The molecule has 1 aliphatic heterocycles. The van der Waals surface area contributed by atoms with Crippen molar-refractivity contribution in [3.05, 3.63) is 96.6 Å². The number of anilines is 2. The summed E-state index contributed by atoms with van der Waals surface area (Å²) in [4.78, 5) is 4.67. The van der Waals surface area contributed by atoms with Crippen LogP contribution in [0, 0.1) is 0 Å². The van der Waals surface area contributed by atoms with Gasteiger partial charge in [-0.3, -0.25) is 4.55 Å². The first-order chi connectivity index (χ1) is 27.6. The Bertz CT molecular complexity index is 2800. The summed E-state index contributed by atoms with van der Waals surface area (Å²) >= 11 is 1.10. The third-order valence-corrected chi connectivity index (χ3v) is 12.8. The first-order valence-corrected chi connectivity index (χ1v) is 22.1. The summed E-state index contributed by atoms with van der Waals surface area (Å²) in [6.45, 7) is 7.48. The Labute approximate surface area is 336 Å². The van der Waals surface area contributed by atoms with Crippen molar-refractivity contribution < 1.29 is 32.2 Å². The molecular formula is C43H49N6O6S2+. The van der Waals surface area contributed by atoms with Gasteiger partial charge in [0.05, 0.1) is 41.8 Å². The fraction of sp³-hybridized carbons (Fsp3) is 0.326. The molecule has 57 heavy (non-hydrogen) atoms. The predicted molar refractivity (Wildman–Crippen MR) is 232 cm³/mol.